The number of hydrogen-bond acceptors (Lipinski definition) is 0. The van der Waals surface area contributed by atoms with E-state index in [-0.39, 0.29) is 0 Å². The lowest BCUT2D eigenvalue weighted by Gasteiger charge is -2.11. The third-order valence-electron chi connectivity index (χ3n) is 11.6. The minimum Gasteiger partial charge on any atom is -0.309 e. The molecule has 256 valence electrons. The molecule has 12 rings (SSSR count). The number of fused-ring (bicyclic) bond motifs is 11. The molecule has 3 heteroatoms. The van der Waals surface area contributed by atoms with Crippen molar-refractivity contribution in [2.45, 2.75) is 0 Å². The molecular weight excluding hydrogens is 667 g/mol. The summed E-state index contributed by atoms with van der Waals surface area (Å²) in [6.45, 7) is 0. The Morgan fingerprint density at radius 1 is 0.236 bits per heavy atom. The molecule has 0 saturated heterocycles. The SMILES string of the molecule is c1ccc(-n2c3ccccc3c3c4c5ccccc5n(-c5ccc(-c6ccc7c(c6)c6ccccc6n7-c6ccc7ccccc7c6)cc5)c4ccc32)cc1. The van der Waals surface area contributed by atoms with Gasteiger partial charge < -0.3 is 13.7 Å². The predicted octanol–water partition coefficient (Wildman–Crippen LogP) is 13.8. The zero-order valence-corrected chi connectivity index (χ0v) is 29.9. The van der Waals surface area contributed by atoms with Crippen LogP contribution in [0.3, 0.4) is 0 Å². The van der Waals surface area contributed by atoms with Gasteiger partial charge in [0, 0.05) is 49.4 Å². The van der Waals surface area contributed by atoms with E-state index in [1.54, 1.807) is 0 Å². The predicted molar refractivity (Wildman–Crippen MR) is 232 cm³/mol. The standard InChI is InChI=1S/C52H33N3/c1-2-14-38(15-3-1)53-46-20-10-7-17-42(46)51-49(53)30-31-50-52(51)43-18-8-11-21-47(43)54(50)39-26-22-35(23-27-39)37-25-29-48-44(33-37)41-16-6-9-19-45(41)55(48)40-28-24-34-12-4-5-13-36(34)32-40/h1-33H. The van der Waals surface area contributed by atoms with Gasteiger partial charge in [0.1, 0.15) is 0 Å². The average molecular weight is 700 g/mol. The molecule has 0 atom stereocenters. The second-order valence-corrected chi connectivity index (χ2v) is 14.6. The molecule has 0 N–H and O–H groups in total. The zero-order valence-electron chi connectivity index (χ0n) is 29.9. The summed E-state index contributed by atoms with van der Waals surface area (Å²) in [5.41, 5.74) is 13.2. The molecule has 9 aromatic carbocycles. The zero-order chi connectivity index (χ0) is 36.0. The van der Waals surface area contributed by atoms with Crippen LogP contribution >= 0.6 is 0 Å². The Balaban J connectivity index is 1.01. The van der Waals surface area contributed by atoms with Crippen molar-refractivity contribution in [1.82, 2.24) is 13.7 Å². The van der Waals surface area contributed by atoms with Crippen LogP contribution in [0.2, 0.25) is 0 Å². The Morgan fingerprint density at radius 2 is 0.691 bits per heavy atom. The van der Waals surface area contributed by atoms with Gasteiger partial charge in [0.15, 0.2) is 0 Å². The molecule has 0 amide bonds. The lowest BCUT2D eigenvalue weighted by Crippen LogP contribution is -1.95. The lowest BCUT2D eigenvalue weighted by molar-refractivity contribution is 1.17. The first kappa shape index (κ1) is 30.1. The van der Waals surface area contributed by atoms with Gasteiger partial charge in [-0.25, -0.2) is 0 Å². The van der Waals surface area contributed by atoms with Crippen LogP contribution in [0.15, 0.2) is 200 Å². The van der Waals surface area contributed by atoms with Crippen LogP contribution in [0.1, 0.15) is 0 Å². The van der Waals surface area contributed by atoms with Crippen LogP contribution < -0.4 is 0 Å². The molecule has 3 nitrogen and oxygen atoms in total. The van der Waals surface area contributed by atoms with Crippen molar-refractivity contribution in [3.05, 3.63) is 200 Å². The van der Waals surface area contributed by atoms with Gasteiger partial charge in [-0.3, -0.25) is 0 Å². The van der Waals surface area contributed by atoms with Crippen molar-refractivity contribution in [2.24, 2.45) is 0 Å². The molecule has 0 fully saturated rings. The number of rotatable bonds is 4. The lowest BCUT2D eigenvalue weighted by atomic mass is 10.0. The number of para-hydroxylation sites is 4. The van der Waals surface area contributed by atoms with E-state index in [0.717, 1.165) is 5.69 Å². The number of nitrogens with zero attached hydrogens (tertiary/aromatic N) is 3. The summed E-state index contributed by atoms with van der Waals surface area (Å²) in [5.74, 6) is 0. The summed E-state index contributed by atoms with van der Waals surface area (Å²) in [7, 11) is 0. The molecule has 3 aromatic heterocycles. The number of aromatic nitrogens is 3. The Morgan fingerprint density at radius 3 is 1.36 bits per heavy atom. The highest BCUT2D eigenvalue weighted by atomic mass is 15.0. The van der Waals surface area contributed by atoms with Crippen LogP contribution in [0.5, 0.6) is 0 Å². The molecule has 0 aliphatic heterocycles. The summed E-state index contributed by atoms with van der Waals surface area (Å²) in [4.78, 5) is 0. The first-order valence-electron chi connectivity index (χ1n) is 18.9. The van der Waals surface area contributed by atoms with Gasteiger partial charge in [0.25, 0.3) is 0 Å². The molecule has 0 unspecified atom stereocenters. The minimum atomic E-state index is 1.15. The van der Waals surface area contributed by atoms with Crippen molar-refractivity contribution in [2.75, 3.05) is 0 Å². The Kier molecular flexibility index (Phi) is 6.34. The monoisotopic (exact) mass is 699 g/mol. The summed E-state index contributed by atoms with van der Waals surface area (Å²) < 4.78 is 7.24. The van der Waals surface area contributed by atoms with E-state index in [1.165, 1.54) is 98.7 Å². The van der Waals surface area contributed by atoms with Crippen LogP contribution in [0, 0.1) is 0 Å². The van der Waals surface area contributed by atoms with Gasteiger partial charge in [-0.05, 0) is 101 Å². The topological polar surface area (TPSA) is 14.8 Å². The van der Waals surface area contributed by atoms with Crippen molar-refractivity contribution in [1.29, 1.82) is 0 Å². The van der Waals surface area contributed by atoms with Crippen LogP contribution in [-0.4, -0.2) is 13.7 Å². The van der Waals surface area contributed by atoms with E-state index in [4.69, 9.17) is 0 Å². The molecule has 0 aliphatic rings. The fraction of sp³-hybridized carbons (Fsp3) is 0. The van der Waals surface area contributed by atoms with Gasteiger partial charge in [-0.1, -0.05) is 121 Å². The average Bonchev–Trinajstić information content (AvgIpc) is 3.89. The normalized spacial score (nSPS) is 12.0. The molecule has 3 heterocycles. The highest BCUT2D eigenvalue weighted by Crippen LogP contribution is 2.43. The van der Waals surface area contributed by atoms with Crippen molar-refractivity contribution in [3.63, 3.8) is 0 Å². The van der Waals surface area contributed by atoms with E-state index >= 15 is 0 Å². The molecule has 0 radical (unpaired) electrons. The first-order valence-corrected chi connectivity index (χ1v) is 18.9. The van der Waals surface area contributed by atoms with Gasteiger partial charge in [0.2, 0.25) is 0 Å². The van der Waals surface area contributed by atoms with E-state index < -0.39 is 0 Å². The molecule has 0 aliphatic carbocycles. The molecule has 0 saturated carbocycles. The maximum absolute atomic E-state index is 2.43. The van der Waals surface area contributed by atoms with Gasteiger partial charge in [0.05, 0.1) is 33.1 Å². The highest BCUT2D eigenvalue weighted by molar-refractivity contribution is 6.29. The second kappa shape index (κ2) is 11.6. The van der Waals surface area contributed by atoms with Crippen LogP contribution in [0.4, 0.5) is 0 Å². The summed E-state index contributed by atoms with van der Waals surface area (Å²) in [5, 5.41) is 10.1. The molecule has 55 heavy (non-hydrogen) atoms. The quantitative estimate of drug-likeness (QED) is 0.174. The van der Waals surface area contributed by atoms with E-state index in [1.807, 2.05) is 0 Å². The largest absolute Gasteiger partial charge is 0.309 e. The summed E-state index contributed by atoms with van der Waals surface area (Å²) in [6.07, 6.45) is 0. The van der Waals surface area contributed by atoms with E-state index in [0.29, 0.717) is 0 Å². The van der Waals surface area contributed by atoms with Crippen molar-refractivity contribution < 1.29 is 0 Å². The fourth-order valence-electron chi connectivity index (χ4n) is 9.20. The highest BCUT2D eigenvalue weighted by Gasteiger charge is 2.20. The third-order valence-corrected chi connectivity index (χ3v) is 11.6. The van der Waals surface area contributed by atoms with Crippen LogP contribution in [-0.2, 0) is 0 Å². The molecule has 0 bridgehead atoms. The molecule has 0 spiro atoms. The number of benzene rings is 9. The maximum Gasteiger partial charge on any atom is 0.0548 e. The first-order chi connectivity index (χ1) is 27.3. The summed E-state index contributed by atoms with van der Waals surface area (Å²) >= 11 is 0. The number of hydrogen-bond donors (Lipinski definition) is 0. The van der Waals surface area contributed by atoms with Gasteiger partial charge >= 0.3 is 0 Å². The Hall–Kier alpha value is -7.36. The summed E-state index contributed by atoms with van der Waals surface area (Å²) in [6, 6.07) is 73.1. The van der Waals surface area contributed by atoms with E-state index in [2.05, 4.69) is 214 Å². The van der Waals surface area contributed by atoms with Gasteiger partial charge in [-0.2, -0.15) is 0 Å². The molecular formula is C52H33N3. The smallest absolute Gasteiger partial charge is 0.0548 e. The maximum atomic E-state index is 2.43. The van der Waals surface area contributed by atoms with E-state index in [9.17, 15) is 0 Å². The fourth-order valence-corrected chi connectivity index (χ4v) is 9.20. The van der Waals surface area contributed by atoms with Crippen molar-refractivity contribution >= 4 is 76.2 Å². The Bertz CT molecular complexity index is 3470. The van der Waals surface area contributed by atoms with Crippen LogP contribution in [0.25, 0.3) is 104 Å². The second-order valence-electron chi connectivity index (χ2n) is 14.6. The van der Waals surface area contributed by atoms with Crippen molar-refractivity contribution in [3.8, 4) is 28.2 Å². The Labute approximate surface area is 317 Å². The third kappa shape index (κ3) is 4.38. The molecule has 12 aromatic rings. The minimum absolute atomic E-state index is 1.15. The van der Waals surface area contributed by atoms with Gasteiger partial charge in [-0.15, -0.1) is 0 Å².